The van der Waals surface area contributed by atoms with E-state index in [1.54, 1.807) is 32.2 Å². The van der Waals surface area contributed by atoms with Crippen LogP contribution in [0.3, 0.4) is 0 Å². The van der Waals surface area contributed by atoms with Gasteiger partial charge >= 0.3 is 5.97 Å². The normalized spacial score (nSPS) is 23.7. The first-order chi connectivity index (χ1) is 47.6. The number of aryl methyl sites for hydroxylation is 1. The van der Waals surface area contributed by atoms with Gasteiger partial charge in [0, 0.05) is 7.11 Å². The van der Waals surface area contributed by atoms with E-state index >= 15 is 8.42 Å². The van der Waals surface area contributed by atoms with Gasteiger partial charge in [-0.1, -0.05) is 236 Å². The molecule has 3 aliphatic heterocycles. The molecule has 2 unspecified atom stereocenters. The highest BCUT2D eigenvalue weighted by atomic mass is 32.2. The maximum atomic E-state index is 15.5. The lowest BCUT2D eigenvalue weighted by Crippen LogP contribution is -2.62. The van der Waals surface area contributed by atoms with Crippen molar-refractivity contribution in [3.63, 3.8) is 0 Å². The Balaban J connectivity index is 0.934. The maximum Gasteiger partial charge on any atom is 0.324 e. The summed E-state index contributed by atoms with van der Waals surface area (Å²) in [7, 11) is -2.94. The predicted molar refractivity (Wildman–Crippen MR) is 364 cm³/mol. The van der Waals surface area contributed by atoms with Gasteiger partial charge in [-0.15, -0.1) is 0 Å². The monoisotopic (exact) mass is 1340 g/mol. The van der Waals surface area contributed by atoms with Gasteiger partial charge in [0.15, 0.2) is 12.6 Å². The Morgan fingerprint density at radius 3 is 1.16 bits per heavy atom. The van der Waals surface area contributed by atoms with Crippen LogP contribution in [0.4, 0.5) is 0 Å². The largest absolute Gasteiger partial charge is 0.465 e. The fourth-order valence-corrected chi connectivity index (χ4v) is 14.0. The number of benzene rings is 8. The third-order valence-electron chi connectivity index (χ3n) is 17.2. The molecule has 12 atom stereocenters. The summed E-state index contributed by atoms with van der Waals surface area (Å²) in [5.41, 5.74) is 7.95. The van der Waals surface area contributed by atoms with Crippen LogP contribution in [0.15, 0.2) is 253 Å². The van der Waals surface area contributed by atoms with Gasteiger partial charge in [0.2, 0.25) is 10.0 Å². The van der Waals surface area contributed by atoms with Crippen molar-refractivity contribution in [2.24, 2.45) is 0 Å². The van der Waals surface area contributed by atoms with Crippen molar-refractivity contribution in [1.82, 2.24) is 4.31 Å². The van der Waals surface area contributed by atoms with Crippen LogP contribution in [0.5, 0.6) is 0 Å². The summed E-state index contributed by atoms with van der Waals surface area (Å²) in [6.45, 7) is 4.59. The van der Waals surface area contributed by atoms with Crippen LogP contribution in [0.2, 0.25) is 0 Å². The summed E-state index contributed by atoms with van der Waals surface area (Å²) in [4.78, 5) is 14.7. The minimum absolute atomic E-state index is 0.0138. The summed E-state index contributed by atoms with van der Waals surface area (Å²) in [6.07, 6.45) is -7.01. The Labute approximate surface area is 570 Å². The molecule has 2 fully saturated rings. The fraction of sp³-hybridized carbons (Fsp3) is 0.354. The number of carbonyl (C=O) groups excluding carboxylic acids is 1. The molecule has 0 aliphatic carbocycles. The van der Waals surface area contributed by atoms with E-state index in [0.29, 0.717) is 5.57 Å². The molecule has 2 saturated heterocycles. The number of methoxy groups -OCH3 is 1. The Hall–Kier alpha value is -7.60. The van der Waals surface area contributed by atoms with E-state index in [1.807, 2.05) is 219 Å². The number of carbonyl (C=O) groups is 1. The van der Waals surface area contributed by atoms with Gasteiger partial charge in [-0.25, -0.2) is 8.42 Å². The first-order valence-corrected chi connectivity index (χ1v) is 34.6. The zero-order valence-corrected chi connectivity index (χ0v) is 55.9. The molecule has 0 bridgehead atoms. The number of esters is 1. The zero-order valence-electron chi connectivity index (χ0n) is 55.1. The van der Waals surface area contributed by atoms with E-state index in [1.165, 1.54) is 16.4 Å². The topological polar surface area (TPSA) is 174 Å². The summed E-state index contributed by atoms with van der Waals surface area (Å²) >= 11 is 0. The van der Waals surface area contributed by atoms with Crippen LogP contribution in [0, 0.1) is 6.92 Å². The molecule has 0 saturated carbocycles. The van der Waals surface area contributed by atoms with Crippen LogP contribution >= 0.6 is 0 Å². The number of hydrogen-bond donors (Lipinski definition) is 0. The van der Waals surface area contributed by atoms with Crippen molar-refractivity contribution in [2.45, 2.75) is 145 Å². The Bertz CT molecular complexity index is 3740. The number of ether oxygens (including phenoxy) is 13. The lowest BCUT2D eigenvalue weighted by atomic mass is 9.97. The average Bonchev–Trinajstić information content (AvgIpc) is 0.775. The van der Waals surface area contributed by atoms with Gasteiger partial charge in [-0.2, -0.15) is 4.31 Å². The van der Waals surface area contributed by atoms with E-state index in [9.17, 15) is 4.79 Å². The first-order valence-electron chi connectivity index (χ1n) is 33.1. The average molecular weight is 1340 g/mol. The van der Waals surface area contributed by atoms with Crippen LogP contribution in [-0.4, -0.2) is 132 Å². The van der Waals surface area contributed by atoms with Crippen LogP contribution in [0.1, 0.15) is 57.9 Å². The summed E-state index contributed by atoms with van der Waals surface area (Å²) in [5.74, 6) is -0.747. The number of rotatable bonds is 34. The quantitative estimate of drug-likeness (QED) is 0.0275. The van der Waals surface area contributed by atoms with Crippen LogP contribution in [0.25, 0.3) is 0 Å². The lowest BCUT2D eigenvalue weighted by Gasteiger charge is -2.46. The summed E-state index contributed by atoms with van der Waals surface area (Å²) < 4.78 is 120. The van der Waals surface area contributed by atoms with E-state index in [-0.39, 0.29) is 90.6 Å². The predicted octanol–water partition coefficient (Wildman–Crippen LogP) is 12.5. The highest BCUT2D eigenvalue weighted by Gasteiger charge is 2.52. The Morgan fingerprint density at radius 2 is 0.773 bits per heavy atom. The van der Waals surface area contributed by atoms with Crippen molar-refractivity contribution >= 4 is 16.0 Å². The van der Waals surface area contributed by atoms with Crippen molar-refractivity contribution in [2.75, 3.05) is 40.1 Å². The first kappa shape index (κ1) is 70.7. The van der Waals surface area contributed by atoms with Gasteiger partial charge in [0.05, 0.1) is 90.2 Å². The molecule has 0 N–H and O–H groups in total. The Kier molecular flexibility index (Phi) is 26.5. The third-order valence-corrected chi connectivity index (χ3v) is 19.1. The van der Waals surface area contributed by atoms with Gasteiger partial charge in [0.1, 0.15) is 54.9 Å². The summed E-state index contributed by atoms with van der Waals surface area (Å²) in [6, 6.07) is 72.8. The van der Waals surface area contributed by atoms with E-state index in [2.05, 4.69) is 0 Å². The van der Waals surface area contributed by atoms with Crippen molar-refractivity contribution in [1.29, 1.82) is 0 Å². The molecule has 0 aromatic heterocycles. The minimum Gasteiger partial charge on any atom is -0.465 e. The van der Waals surface area contributed by atoms with E-state index in [0.717, 1.165) is 44.5 Å². The van der Waals surface area contributed by atoms with Crippen molar-refractivity contribution in [3.05, 3.63) is 293 Å². The molecular formula is C79H87NO16S. The van der Waals surface area contributed by atoms with Crippen molar-refractivity contribution in [3.8, 4) is 0 Å². The molecule has 0 amide bonds. The van der Waals surface area contributed by atoms with E-state index in [4.69, 9.17) is 61.6 Å². The molecule has 17 nitrogen and oxygen atoms in total. The SMILES string of the molecule is CCOC(=O)C1CC(COC[C@H]2O[C@@H](OC)[C@H](OCc3ccccc3)[C@@H](OCc3ccccc3)[C@@H]2OCc2ccccc2)=CC(CO[C@@H]2O[C@H](COCc3ccccc3)[C@H](OCc3ccccc3)[C@H](OCc3ccccc3)[C@H]2OCc2ccccc2)N1S(=O)(=O)c1ccc(C)cc1. The maximum absolute atomic E-state index is 15.5. The smallest absolute Gasteiger partial charge is 0.324 e. The molecule has 8 aromatic rings. The molecule has 97 heavy (non-hydrogen) atoms. The summed E-state index contributed by atoms with van der Waals surface area (Å²) in [5, 5.41) is 0. The van der Waals surface area contributed by atoms with Gasteiger partial charge in [-0.3, -0.25) is 4.79 Å². The molecule has 11 rings (SSSR count). The molecule has 0 radical (unpaired) electrons. The number of nitrogens with zero attached hydrogens (tertiary/aromatic N) is 1. The molecular weight excluding hydrogens is 1250 g/mol. The second-order valence-electron chi connectivity index (χ2n) is 24.3. The minimum atomic E-state index is -4.51. The van der Waals surface area contributed by atoms with Crippen LogP contribution < -0.4 is 0 Å². The van der Waals surface area contributed by atoms with Crippen molar-refractivity contribution < 1.29 is 74.8 Å². The molecule has 8 aromatic carbocycles. The van der Waals surface area contributed by atoms with Gasteiger partial charge in [0.25, 0.3) is 0 Å². The van der Waals surface area contributed by atoms with Gasteiger partial charge < -0.3 is 61.6 Å². The number of hydrogen-bond acceptors (Lipinski definition) is 16. The number of sulfonamides is 1. The molecule has 3 heterocycles. The second-order valence-corrected chi connectivity index (χ2v) is 26.1. The van der Waals surface area contributed by atoms with E-state index < -0.39 is 89.5 Å². The fourth-order valence-electron chi connectivity index (χ4n) is 12.3. The Morgan fingerprint density at radius 1 is 0.423 bits per heavy atom. The molecule has 3 aliphatic rings. The third kappa shape index (κ3) is 19.8. The molecule has 510 valence electrons. The second kappa shape index (κ2) is 36.3. The lowest BCUT2D eigenvalue weighted by molar-refractivity contribution is -0.329. The highest BCUT2D eigenvalue weighted by molar-refractivity contribution is 7.89. The van der Waals surface area contributed by atoms with Crippen LogP contribution in [-0.2, 0) is 123 Å². The zero-order chi connectivity index (χ0) is 67.0. The standard InChI is InChI=1S/C79H87NO16S/c1-4-87-77(81)68-45-65(47-86-55-69-71(88-48-59-28-14-6-15-29-59)73(90-50-61-32-18-8-19-33-61)75(78(84-3)95-69)92-52-63-36-22-10-23-37-63)44-66(80(68)97(82,83)67-42-40-57(2)41-43-67)54-94-79-76(93-53-64-38-24-11-25-39-64)74(91-51-62-34-20-9-21-35-62)72(89-49-60-30-16-7-17-31-60)70(96-79)56-85-46-58-26-12-5-13-27-58/h5-44,66,68-76,78-79H,4,45-56H2,1-3H3/t66?,68?,69-,70-,71-,72+,73+,74+,75-,76-,78-,79-/m1/s1. The molecule has 18 heteroatoms. The highest BCUT2D eigenvalue weighted by Crippen LogP contribution is 2.37. The molecule has 0 spiro atoms. The van der Waals surface area contributed by atoms with Gasteiger partial charge in [-0.05, 0) is 76.9 Å².